The maximum absolute atomic E-state index is 12.9. The summed E-state index contributed by atoms with van der Waals surface area (Å²) in [5, 5.41) is 0. The second kappa shape index (κ2) is 56.0. The van der Waals surface area contributed by atoms with Crippen molar-refractivity contribution < 1.29 is 23.8 Å². The van der Waals surface area contributed by atoms with Crippen molar-refractivity contribution in [2.24, 2.45) is 0 Å². The number of hydrogen-bond acceptors (Lipinski definition) is 5. The Kier molecular flexibility index (Phi) is 54.8. The molecule has 0 aliphatic carbocycles. The van der Waals surface area contributed by atoms with Crippen molar-refractivity contribution in [3.63, 3.8) is 0 Å². The molecule has 0 aromatic carbocycles. The lowest BCUT2D eigenvalue weighted by molar-refractivity contribution is -0.163. The van der Waals surface area contributed by atoms with Crippen molar-refractivity contribution >= 4 is 11.9 Å². The monoisotopic (exact) mass is 903 g/mol. The van der Waals surface area contributed by atoms with Crippen LogP contribution in [0.15, 0.2) is 12.2 Å². The number of allylic oxidation sites excluding steroid dienone is 2. The summed E-state index contributed by atoms with van der Waals surface area (Å²) in [4.78, 5) is 25.5. The molecule has 0 aromatic rings. The third-order valence-corrected chi connectivity index (χ3v) is 13.3. The van der Waals surface area contributed by atoms with Gasteiger partial charge in [0.2, 0.25) is 0 Å². The number of rotatable bonds is 55. The topological polar surface area (TPSA) is 61.8 Å². The Morgan fingerprint density at radius 3 is 0.953 bits per heavy atom. The standard InChI is InChI=1S/C59H114O5/c1-4-7-10-13-16-19-22-24-26-28-29-30-31-32-33-35-38-41-44-47-50-53-59(61)64-57(56-63-58(60)52-49-46-43-40-37-21-18-15-12-9-6-3)55-62-54-51-48-45-42-39-36-34-27-25-23-20-17-14-11-8-5-2/h24,26,57H,4-23,25,27-56H2,1-3H3/b26-24-/t57-/m1/s1. The average molecular weight is 904 g/mol. The minimum atomic E-state index is -0.527. The van der Waals surface area contributed by atoms with Crippen molar-refractivity contribution in [1.29, 1.82) is 0 Å². The Morgan fingerprint density at radius 2 is 0.609 bits per heavy atom. The third kappa shape index (κ3) is 53.3. The molecule has 0 heterocycles. The normalized spacial score (nSPS) is 12.1. The molecule has 0 aromatic heterocycles. The average Bonchev–Trinajstić information content (AvgIpc) is 3.30. The van der Waals surface area contributed by atoms with E-state index < -0.39 is 6.10 Å². The van der Waals surface area contributed by atoms with Crippen LogP contribution in [0.2, 0.25) is 0 Å². The molecule has 0 radical (unpaired) electrons. The molecule has 0 rings (SSSR count). The molecule has 5 nitrogen and oxygen atoms in total. The van der Waals surface area contributed by atoms with Crippen LogP contribution in [-0.2, 0) is 23.8 Å². The van der Waals surface area contributed by atoms with Gasteiger partial charge in [0, 0.05) is 19.4 Å². The summed E-state index contributed by atoms with van der Waals surface area (Å²) < 4.78 is 17.5. The fraction of sp³-hybridized carbons (Fsp3) is 0.932. The highest BCUT2D eigenvalue weighted by atomic mass is 16.6. The maximum Gasteiger partial charge on any atom is 0.306 e. The molecule has 64 heavy (non-hydrogen) atoms. The molecule has 0 aliphatic rings. The molecule has 5 heteroatoms. The van der Waals surface area contributed by atoms with Crippen LogP contribution in [0.1, 0.15) is 329 Å². The van der Waals surface area contributed by atoms with Crippen LogP contribution in [-0.4, -0.2) is 37.9 Å². The van der Waals surface area contributed by atoms with E-state index in [1.807, 2.05) is 0 Å². The number of unbranched alkanes of at least 4 members (excludes halogenated alkanes) is 42. The number of ether oxygens (including phenoxy) is 3. The predicted molar refractivity (Wildman–Crippen MR) is 279 cm³/mol. The highest BCUT2D eigenvalue weighted by molar-refractivity contribution is 5.70. The molecular formula is C59H114O5. The molecule has 0 bridgehead atoms. The smallest absolute Gasteiger partial charge is 0.306 e. The summed E-state index contributed by atoms with van der Waals surface area (Å²) in [6.07, 6.45) is 65.2. The zero-order valence-corrected chi connectivity index (χ0v) is 43.8. The first kappa shape index (κ1) is 62.6. The Labute approximate surface area is 401 Å². The molecule has 0 saturated heterocycles. The second-order valence-corrected chi connectivity index (χ2v) is 19.9. The van der Waals surface area contributed by atoms with E-state index in [4.69, 9.17) is 14.2 Å². The molecule has 380 valence electrons. The number of carbonyl (C=O) groups excluding carboxylic acids is 2. The molecule has 0 amide bonds. The SMILES string of the molecule is CCCCCCCC/C=C\CCCCCCCCCCCCCC(=O)O[C@H](COCCCCCCCCCCCCCCCCCC)COC(=O)CCCCCCCCCCCCC. The van der Waals surface area contributed by atoms with Crippen LogP contribution in [0.25, 0.3) is 0 Å². The second-order valence-electron chi connectivity index (χ2n) is 19.9. The van der Waals surface area contributed by atoms with E-state index >= 15 is 0 Å². The fourth-order valence-corrected chi connectivity index (χ4v) is 8.92. The van der Waals surface area contributed by atoms with Gasteiger partial charge in [0.05, 0.1) is 6.61 Å². The summed E-state index contributed by atoms with van der Waals surface area (Å²) in [5.74, 6) is -0.373. The van der Waals surface area contributed by atoms with E-state index in [0.29, 0.717) is 26.1 Å². The Bertz CT molecular complexity index is 932. The summed E-state index contributed by atoms with van der Waals surface area (Å²) >= 11 is 0. The van der Waals surface area contributed by atoms with Gasteiger partial charge in [-0.1, -0.05) is 283 Å². The van der Waals surface area contributed by atoms with Gasteiger partial charge in [0.25, 0.3) is 0 Å². The van der Waals surface area contributed by atoms with E-state index in [9.17, 15) is 9.59 Å². The lowest BCUT2D eigenvalue weighted by Gasteiger charge is -2.18. The van der Waals surface area contributed by atoms with Gasteiger partial charge in [-0.25, -0.2) is 0 Å². The molecule has 0 fully saturated rings. The van der Waals surface area contributed by atoms with E-state index in [-0.39, 0.29) is 18.5 Å². The molecular weight excluding hydrogens is 789 g/mol. The van der Waals surface area contributed by atoms with Gasteiger partial charge in [-0.15, -0.1) is 0 Å². The van der Waals surface area contributed by atoms with E-state index in [0.717, 1.165) is 32.1 Å². The third-order valence-electron chi connectivity index (χ3n) is 13.3. The van der Waals surface area contributed by atoms with Crippen molar-refractivity contribution in [3.8, 4) is 0 Å². The predicted octanol–water partition coefficient (Wildman–Crippen LogP) is 19.8. The first-order chi connectivity index (χ1) is 31.6. The summed E-state index contributed by atoms with van der Waals surface area (Å²) in [6.45, 7) is 7.90. The van der Waals surface area contributed by atoms with Crippen molar-refractivity contribution in [3.05, 3.63) is 12.2 Å². The quantitative estimate of drug-likeness (QED) is 0.0346. The van der Waals surface area contributed by atoms with Crippen LogP contribution >= 0.6 is 0 Å². The zero-order valence-electron chi connectivity index (χ0n) is 43.8. The largest absolute Gasteiger partial charge is 0.462 e. The van der Waals surface area contributed by atoms with Crippen molar-refractivity contribution in [2.45, 2.75) is 335 Å². The van der Waals surface area contributed by atoms with Crippen molar-refractivity contribution in [1.82, 2.24) is 0 Å². The minimum Gasteiger partial charge on any atom is -0.462 e. The number of carbonyl (C=O) groups is 2. The lowest BCUT2D eigenvalue weighted by Crippen LogP contribution is -2.30. The maximum atomic E-state index is 12.9. The number of hydrogen-bond donors (Lipinski definition) is 0. The molecule has 0 unspecified atom stereocenters. The van der Waals surface area contributed by atoms with Gasteiger partial charge in [0.15, 0.2) is 6.10 Å². The van der Waals surface area contributed by atoms with Gasteiger partial charge < -0.3 is 14.2 Å². The summed E-state index contributed by atoms with van der Waals surface area (Å²) in [6, 6.07) is 0. The molecule has 0 N–H and O–H groups in total. The minimum absolute atomic E-state index is 0.0952. The lowest BCUT2D eigenvalue weighted by atomic mass is 10.0. The van der Waals surface area contributed by atoms with Gasteiger partial charge in [-0.2, -0.15) is 0 Å². The highest BCUT2D eigenvalue weighted by Gasteiger charge is 2.17. The van der Waals surface area contributed by atoms with Crippen LogP contribution in [0, 0.1) is 0 Å². The van der Waals surface area contributed by atoms with Crippen LogP contribution in [0.5, 0.6) is 0 Å². The van der Waals surface area contributed by atoms with Gasteiger partial charge >= 0.3 is 11.9 Å². The van der Waals surface area contributed by atoms with E-state index in [1.54, 1.807) is 0 Å². The van der Waals surface area contributed by atoms with Crippen molar-refractivity contribution in [2.75, 3.05) is 19.8 Å². The summed E-state index contributed by atoms with van der Waals surface area (Å²) in [7, 11) is 0. The van der Waals surface area contributed by atoms with Gasteiger partial charge in [0.1, 0.15) is 6.61 Å². The molecule has 0 spiro atoms. The Hall–Kier alpha value is -1.36. The Morgan fingerprint density at radius 1 is 0.328 bits per heavy atom. The van der Waals surface area contributed by atoms with Gasteiger partial charge in [-0.3, -0.25) is 9.59 Å². The summed E-state index contributed by atoms with van der Waals surface area (Å²) in [5.41, 5.74) is 0. The fourth-order valence-electron chi connectivity index (χ4n) is 8.92. The molecule has 0 saturated carbocycles. The van der Waals surface area contributed by atoms with Crippen LogP contribution in [0.4, 0.5) is 0 Å². The molecule has 1 atom stereocenters. The van der Waals surface area contributed by atoms with Gasteiger partial charge in [-0.05, 0) is 44.9 Å². The molecule has 0 aliphatic heterocycles. The van der Waals surface area contributed by atoms with Crippen LogP contribution < -0.4 is 0 Å². The Balaban J connectivity index is 4.14. The highest BCUT2D eigenvalue weighted by Crippen LogP contribution is 2.17. The van der Waals surface area contributed by atoms with Crippen LogP contribution in [0.3, 0.4) is 0 Å². The first-order valence-electron chi connectivity index (χ1n) is 29.2. The zero-order chi connectivity index (χ0) is 46.3. The van der Waals surface area contributed by atoms with E-state index in [1.165, 1.54) is 263 Å². The van der Waals surface area contributed by atoms with E-state index in [2.05, 4.69) is 32.9 Å². The first-order valence-corrected chi connectivity index (χ1v) is 29.2. The number of esters is 2.